The number of esters is 2. The fourth-order valence-corrected chi connectivity index (χ4v) is 10.2. The predicted molar refractivity (Wildman–Crippen MR) is 380 cm³/mol. The van der Waals surface area contributed by atoms with Crippen LogP contribution >= 0.6 is 7.82 Å². The minimum atomic E-state index is -4.40. The lowest BCUT2D eigenvalue weighted by Crippen LogP contribution is -2.37. The van der Waals surface area contributed by atoms with Crippen LogP contribution in [0.5, 0.6) is 0 Å². The van der Waals surface area contributed by atoms with Gasteiger partial charge in [0.05, 0.1) is 27.7 Å². The van der Waals surface area contributed by atoms with Crippen molar-refractivity contribution >= 4 is 19.8 Å². The van der Waals surface area contributed by atoms with Gasteiger partial charge in [-0.05, 0) is 116 Å². The van der Waals surface area contributed by atoms with E-state index in [1.54, 1.807) is 0 Å². The molecular weight excluding hydrogens is 1110 g/mol. The third-order valence-corrected chi connectivity index (χ3v) is 15.8. The zero-order valence-electron chi connectivity index (χ0n) is 57.2. The minimum absolute atomic E-state index is 0.0250. The number of carbonyl (C=O) groups excluding carboxylic acids is 2. The Hall–Kier alpha value is -4.11. The normalized spacial score (nSPS) is 14.0. The molecule has 0 saturated heterocycles. The average molecular weight is 1240 g/mol. The maximum Gasteiger partial charge on any atom is 0.472 e. The van der Waals surface area contributed by atoms with Crippen LogP contribution in [0.25, 0.3) is 0 Å². The minimum Gasteiger partial charge on any atom is -0.462 e. The van der Waals surface area contributed by atoms with Gasteiger partial charge in [-0.3, -0.25) is 18.6 Å². The smallest absolute Gasteiger partial charge is 0.462 e. The summed E-state index contributed by atoms with van der Waals surface area (Å²) in [6, 6.07) is 0. The number of quaternary nitrogens is 1. The molecule has 0 aliphatic carbocycles. The van der Waals surface area contributed by atoms with E-state index in [0.29, 0.717) is 17.4 Å². The molecule has 0 spiro atoms. The molecule has 0 heterocycles. The number of phosphoric ester groups is 1. The Morgan fingerprint density at radius 2 is 0.614 bits per heavy atom. The Kier molecular flexibility index (Phi) is 64.1. The number of carbonyl (C=O) groups is 2. The molecule has 88 heavy (non-hydrogen) atoms. The van der Waals surface area contributed by atoms with Crippen molar-refractivity contribution in [1.82, 2.24) is 0 Å². The largest absolute Gasteiger partial charge is 0.472 e. The first-order valence-corrected chi connectivity index (χ1v) is 37.1. The van der Waals surface area contributed by atoms with Crippen LogP contribution < -0.4 is 0 Å². The number of hydrogen-bond acceptors (Lipinski definition) is 7. The number of nitrogens with zero attached hydrogens (tertiary/aromatic N) is 1. The standard InChI is InChI=1S/C78H132NO8P/c1-6-8-10-12-14-16-18-20-22-24-26-28-30-32-34-36-37-38-39-40-41-43-45-47-49-51-53-55-57-59-61-63-65-67-69-71-78(81)87-76(75-86-88(82,83)85-73-72-79(3,4)5)74-84-77(80)70-68-66-64-62-60-58-56-54-52-50-48-46-44-42-35-33-31-29-27-25-23-21-19-17-15-13-11-9-7-2/h8-11,14-17,20-23,26-29,32,34,37-38,40-41,45,47,76H,6-7,12-13,18-19,24-25,30-31,33,35-36,39,42-44,46,48-75H2,1-5H3/p+1/b10-8-,11-9-,16-14-,17-15-,22-20-,23-21-,28-26-,29-27-,34-32-,38-37-,41-40-,47-45-. The van der Waals surface area contributed by atoms with Crippen LogP contribution in [-0.2, 0) is 32.7 Å². The van der Waals surface area contributed by atoms with Crippen LogP contribution in [0, 0.1) is 0 Å². The van der Waals surface area contributed by atoms with Crippen molar-refractivity contribution in [1.29, 1.82) is 0 Å². The third kappa shape index (κ3) is 71.0. The molecule has 0 rings (SSSR count). The molecule has 1 N–H and O–H groups in total. The lowest BCUT2D eigenvalue weighted by molar-refractivity contribution is -0.870. The Bertz CT molecular complexity index is 2000. The number of ether oxygens (including phenoxy) is 2. The van der Waals surface area contributed by atoms with Crippen molar-refractivity contribution in [3.8, 4) is 0 Å². The van der Waals surface area contributed by atoms with E-state index in [4.69, 9.17) is 18.5 Å². The maximum absolute atomic E-state index is 12.9. The monoisotopic (exact) mass is 1240 g/mol. The topological polar surface area (TPSA) is 108 Å². The quantitative estimate of drug-likeness (QED) is 0.0211. The summed E-state index contributed by atoms with van der Waals surface area (Å²) in [5.41, 5.74) is 0. The first-order chi connectivity index (χ1) is 43.0. The number of hydrogen-bond donors (Lipinski definition) is 1. The lowest BCUT2D eigenvalue weighted by atomic mass is 10.0. The second-order valence-electron chi connectivity index (χ2n) is 24.5. The fourth-order valence-electron chi connectivity index (χ4n) is 9.50. The van der Waals surface area contributed by atoms with Crippen LogP contribution in [0.4, 0.5) is 0 Å². The van der Waals surface area contributed by atoms with Crippen LogP contribution in [-0.4, -0.2) is 74.9 Å². The van der Waals surface area contributed by atoms with Gasteiger partial charge in [0.15, 0.2) is 6.10 Å². The first kappa shape index (κ1) is 83.9. The van der Waals surface area contributed by atoms with E-state index in [0.717, 1.165) is 122 Å². The van der Waals surface area contributed by atoms with Crippen molar-refractivity contribution in [2.75, 3.05) is 47.5 Å². The highest BCUT2D eigenvalue weighted by atomic mass is 31.2. The summed E-state index contributed by atoms with van der Waals surface area (Å²) in [5, 5.41) is 0. The van der Waals surface area contributed by atoms with E-state index in [2.05, 4.69) is 160 Å². The van der Waals surface area contributed by atoms with E-state index < -0.39 is 26.5 Å². The second-order valence-corrected chi connectivity index (χ2v) is 26.0. The van der Waals surface area contributed by atoms with Crippen LogP contribution in [0.3, 0.4) is 0 Å². The van der Waals surface area contributed by atoms with Gasteiger partial charge in [0.25, 0.3) is 0 Å². The molecule has 0 aromatic heterocycles. The molecule has 0 amide bonds. The number of rotatable bonds is 64. The average Bonchev–Trinajstić information content (AvgIpc) is 3.57. The molecule has 2 atom stereocenters. The molecule has 0 aromatic carbocycles. The van der Waals surface area contributed by atoms with Crippen molar-refractivity contribution in [2.45, 2.75) is 290 Å². The first-order valence-electron chi connectivity index (χ1n) is 35.6. The van der Waals surface area contributed by atoms with Gasteiger partial charge in [-0.1, -0.05) is 301 Å². The Morgan fingerprint density at radius 1 is 0.352 bits per heavy atom. The number of likely N-dealkylation sites (N-methyl/N-ethyl adjacent to an activating group) is 1. The van der Waals surface area contributed by atoms with E-state index >= 15 is 0 Å². The molecule has 0 aliphatic heterocycles. The zero-order chi connectivity index (χ0) is 64.1. The van der Waals surface area contributed by atoms with Crippen LogP contribution in [0.1, 0.15) is 284 Å². The van der Waals surface area contributed by atoms with Gasteiger partial charge < -0.3 is 18.9 Å². The van der Waals surface area contributed by atoms with Crippen molar-refractivity contribution in [2.24, 2.45) is 0 Å². The van der Waals surface area contributed by atoms with Gasteiger partial charge in [-0.15, -0.1) is 0 Å². The molecule has 0 aliphatic rings. The summed E-state index contributed by atoms with van der Waals surface area (Å²) < 4.78 is 34.7. The molecule has 0 aromatic rings. The van der Waals surface area contributed by atoms with Gasteiger partial charge in [-0.25, -0.2) is 4.57 Å². The van der Waals surface area contributed by atoms with Gasteiger partial charge in [-0.2, -0.15) is 0 Å². The van der Waals surface area contributed by atoms with Gasteiger partial charge in [0.2, 0.25) is 0 Å². The molecule has 0 saturated carbocycles. The van der Waals surface area contributed by atoms with E-state index in [-0.39, 0.29) is 32.0 Å². The summed E-state index contributed by atoms with van der Waals surface area (Å²) >= 11 is 0. The molecular formula is C78H133NO8P+. The number of allylic oxidation sites excluding steroid dienone is 24. The predicted octanol–water partition coefficient (Wildman–Crippen LogP) is 23.4. The molecule has 502 valence electrons. The summed E-state index contributed by atoms with van der Waals surface area (Å²) in [4.78, 5) is 35.9. The highest BCUT2D eigenvalue weighted by molar-refractivity contribution is 7.47. The van der Waals surface area contributed by atoms with Crippen molar-refractivity contribution in [3.63, 3.8) is 0 Å². The van der Waals surface area contributed by atoms with Crippen LogP contribution in [0.15, 0.2) is 146 Å². The van der Waals surface area contributed by atoms with E-state index in [1.165, 1.54) is 128 Å². The molecule has 0 bridgehead atoms. The maximum atomic E-state index is 12.9. The zero-order valence-corrected chi connectivity index (χ0v) is 58.1. The summed E-state index contributed by atoms with van der Waals surface area (Å²) in [6.45, 7) is 4.21. The number of unbranched alkanes of at least 4 members (excludes halogenated alkanes) is 26. The Balaban J connectivity index is 4.09. The Morgan fingerprint density at radius 3 is 0.909 bits per heavy atom. The van der Waals surface area contributed by atoms with Crippen molar-refractivity contribution in [3.05, 3.63) is 146 Å². The molecule has 2 unspecified atom stereocenters. The number of phosphoric acid groups is 1. The van der Waals surface area contributed by atoms with Crippen molar-refractivity contribution < 1.29 is 42.1 Å². The van der Waals surface area contributed by atoms with Gasteiger partial charge in [0.1, 0.15) is 19.8 Å². The molecule has 0 radical (unpaired) electrons. The summed E-state index contributed by atoms with van der Waals surface area (Å²) in [6.07, 6.45) is 99.5. The van der Waals surface area contributed by atoms with Gasteiger partial charge >= 0.3 is 19.8 Å². The van der Waals surface area contributed by atoms with E-state index in [9.17, 15) is 19.0 Å². The molecule has 0 fully saturated rings. The highest BCUT2D eigenvalue weighted by Gasteiger charge is 2.27. The fraction of sp³-hybridized carbons (Fsp3) is 0.667. The summed E-state index contributed by atoms with van der Waals surface area (Å²) in [5.74, 6) is -0.803. The van der Waals surface area contributed by atoms with Crippen LogP contribution in [0.2, 0.25) is 0 Å². The van der Waals surface area contributed by atoms with E-state index in [1.807, 2.05) is 21.1 Å². The summed E-state index contributed by atoms with van der Waals surface area (Å²) in [7, 11) is 1.46. The Labute approximate surface area is 542 Å². The van der Waals surface area contributed by atoms with Gasteiger partial charge in [0, 0.05) is 12.8 Å². The highest BCUT2D eigenvalue weighted by Crippen LogP contribution is 2.43. The lowest BCUT2D eigenvalue weighted by Gasteiger charge is -2.24. The second kappa shape index (κ2) is 67.3. The SMILES string of the molecule is CC/C=C\C/C=C\C/C=C\C/C=C\C/C=C\C/C=C\C/C=C\C/C=C\CCCCCCCCCCCCC(=O)OC(COC(=O)CCCCCCCCCCCCCCCCCC/C=C\C/C=C\C/C=C\C/C=C\CC)COP(=O)(O)OCC[N+](C)(C)C. The molecule has 10 heteroatoms. The molecule has 9 nitrogen and oxygen atoms in total. The third-order valence-electron chi connectivity index (χ3n) is 14.9.